The van der Waals surface area contributed by atoms with Crippen LogP contribution in [0.5, 0.6) is 0 Å². The number of hydrogen-bond acceptors (Lipinski definition) is 4. The molecule has 5 nitrogen and oxygen atoms in total. The van der Waals surface area contributed by atoms with Gasteiger partial charge in [0, 0.05) is 47.0 Å². The van der Waals surface area contributed by atoms with E-state index >= 15 is 0 Å². The lowest BCUT2D eigenvalue weighted by atomic mass is 10.2. The molecule has 0 saturated heterocycles. The topological polar surface area (TPSA) is 56.8 Å². The highest BCUT2D eigenvalue weighted by Gasteiger charge is 2.01. The Hall–Kier alpha value is -0.650. The second-order valence-electron chi connectivity index (χ2n) is 4.48. The highest BCUT2D eigenvalue weighted by molar-refractivity contribution is 5.75. The molecule has 5 heteroatoms. The van der Waals surface area contributed by atoms with Gasteiger partial charge in [-0.15, -0.1) is 0 Å². The standard InChI is InChI=1S/C14H28NO4/c1-4-5-6-8-15-14(16)7-9-19-12-13(10-17-2)11-18-3/h12-13H,4-11H2,1-3H3,(H,15,16)/q-1. The second kappa shape index (κ2) is 13.8. The molecule has 0 rings (SSSR count). The fourth-order valence-corrected chi connectivity index (χ4v) is 1.60. The highest BCUT2D eigenvalue weighted by atomic mass is 16.5. The van der Waals surface area contributed by atoms with Gasteiger partial charge in [0.1, 0.15) is 0 Å². The van der Waals surface area contributed by atoms with Crippen LogP contribution in [-0.4, -0.2) is 46.5 Å². The van der Waals surface area contributed by atoms with Gasteiger partial charge in [-0.25, -0.2) is 6.61 Å². The lowest BCUT2D eigenvalue weighted by Gasteiger charge is -2.25. The van der Waals surface area contributed by atoms with Crippen molar-refractivity contribution in [2.45, 2.75) is 32.6 Å². The molecule has 0 bridgehead atoms. The number of nitrogens with one attached hydrogen (secondary N) is 1. The maximum atomic E-state index is 11.4. The first-order valence-electron chi connectivity index (χ1n) is 6.94. The van der Waals surface area contributed by atoms with Gasteiger partial charge in [-0.3, -0.25) is 4.79 Å². The van der Waals surface area contributed by atoms with E-state index in [1.807, 2.05) is 0 Å². The van der Waals surface area contributed by atoms with E-state index in [1.165, 1.54) is 0 Å². The monoisotopic (exact) mass is 274 g/mol. The largest absolute Gasteiger partial charge is 0.551 e. The first kappa shape index (κ1) is 18.4. The zero-order valence-corrected chi connectivity index (χ0v) is 12.4. The zero-order chi connectivity index (χ0) is 14.3. The molecule has 0 aliphatic rings. The highest BCUT2D eigenvalue weighted by Crippen LogP contribution is 2.04. The summed E-state index contributed by atoms with van der Waals surface area (Å²) in [4.78, 5) is 11.4. The molecule has 0 fully saturated rings. The molecule has 0 radical (unpaired) electrons. The van der Waals surface area contributed by atoms with Crippen LogP contribution in [0.25, 0.3) is 0 Å². The summed E-state index contributed by atoms with van der Waals surface area (Å²) in [6, 6.07) is 0. The van der Waals surface area contributed by atoms with Gasteiger partial charge in [-0.05, 0) is 6.42 Å². The Morgan fingerprint density at radius 2 is 1.89 bits per heavy atom. The molecule has 0 aromatic heterocycles. The molecular formula is C14H28NO4-. The predicted octanol–water partition coefficient (Wildman–Crippen LogP) is 1.77. The minimum atomic E-state index is 0.0412. The number of hydrogen-bond donors (Lipinski definition) is 1. The number of amides is 1. The molecule has 19 heavy (non-hydrogen) atoms. The van der Waals surface area contributed by atoms with Crippen molar-refractivity contribution in [1.29, 1.82) is 0 Å². The fraction of sp³-hybridized carbons (Fsp3) is 0.857. The van der Waals surface area contributed by atoms with E-state index in [-0.39, 0.29) is 11.8 Å². The maximum Gasteiger partial charge on any atom is 0.222 e. The van der Waals surface area contributed by atoms with Gasteiger partial charge >= 0.3 is 0 Å². The molecule has 0 atom stereocenters. The number of methoxy groups -OCH3 is 2. The predicted molar refractivity (Wildman–Crippen MR) is 74.6 cm³/mol. The lowest BCUT2D eigenvalue weighted by molar-refractivity contribution is -0.122. The molecule has 0 aromatic carbocycles. The Morgan fingerprint density at radius 1 is 1.21 bits per heavy atom. The van der Waals surface area contributed by atoms with E-state index in [2.05, 4.69) is 12.2 Å². The fourth-order valence-electron chi connectivity index (χ4n) is 1.60. The molecule has 0 unspecified atom stereocenters. The third-order valence-electron chi connectivity index (χ3n) is 2.60. The van der Waals surface area contributed by atoms with E-state index in [9.17, 15) is 4.79 Å². The van der Waals surface area contributed by atoms with Gasteiger partial charge < -0.3 is 19.5 Å². The van der Waals surface area contributed by atoms with Crippen LogP contribution < -0.4 is 5.32 Å². The van der Waals surface area contributed by atoms with Gasteiger partial charge in [-0.1, -0.05) is 25.7 Å². The minimum Gasteiger partial charge on any atom is -0.551 e. The summed E-state index contributed by atoms with van der Waals surface area (Å²) in [5, 5.41) is 2.87. The summed E-state index contributed by atoms with van der Waals surface area (Å²) < 4.78 is 15.4. The van der Waals surface area contributed by atoms with Crippen molar-refractivity contribution in [1.82, 2.24) is 5.32 Å². The van der Waals surface area contributed by atoms with Gasteiger partial charge in [0.05, 0.1) is 0 Å². The Bertz CT molecular complexity index is 206. The summed E-state index contributed by atoms with van der Waals surface area (Å²) in [7, 11) is 3.28. The van der Waals surface area contributed by atoms with Gasteiger partial charge in [0.25, 0.3) is 0 Å². The van der Waals surface area contributed by atoms with Crippen LogP contribution in [0, 0.1) is 12.5 Å². The number of ether oxygens (including phenoxy) is 3. The summed E-state index contributed by atoms with van der Waals surface area (Å²) in [6.07, 6.45) is 3.74. The van der Waals surface area contributed by atoms with E-state index < -0.39 is 0 Å². The number of rotatable bonds is 13. The van der Waals surface area contributed by atoms with Crippen LogP contribution in [0.2, 0.25) is 0 Å². The smallest absolute Gasteiger partial charge is 0.222 e. The molecule has 0 heterocycles. The first-order valence-corrected chi connectivity index (χ1v) is 6.94. The Labute approximate surface area is 117 Å². The molecule has 1 N–H and O–H groups in total. The Balaban J connectivity index is 3.47. The molecule has 0 spiro atoms. The van der Waals surface area contributed by atoms with Crippen LogP contribution in [0.1, 0.15) is 32.6 Å². The third-order valence-corrected chi connectivity index (χ3v) is 2.60. The second-order valence-corrected chi connectivity index (χ2v) is 4.48. The van der Waals surface area contributed by atoms with Crippen molar-refractivity contribution < 1.29 is 19.0 Å². The molecule has 114 valence electrons. The van der Waals surface area contributed by atoms with Crippen LogP contribution in [0.15, 0.2) is 0 Å². The maximum absolute atomic E-state index is 11.4. The molecular weight excluding hydrogens is 246 g/mol. The van der Waals surface area contributed by atoms with Crippen LogP contribution >= 0.6 is 0 Å². The lowest BCUT2D eigenvalue weighted by Crippen LogP contribution is -2.25. The summed E-state index contributed by atoms with van der Waals surface area (Å²) in [5.74, 6) is 0.141. The first-order chi connectivity index (χ1) is 9.24. The molecule has 0 aliphatic carbocycles. The summed E-state index contributed by atoms with van der Waals surface area (Å²) in [5.41, 5.74) is 0. The average molecular weight is 274 g/mol. The van der Waals surface area contributed by atoms with E-state index in [1.54, 1.807) is 20.8 Å². The van der Waals surface area contributed by atoms with Crippen molar-refractivity contribution in [3.05, 3.63) is 6.61 Å². The molecule has 0 aliphatic heterocycles. The Kier molecular flexibility index (Phi) is 13.3. The van der Waals surface area contributed by atoms with Crippen LogP contribution in [0.4, 0.5) is 0 Å². The van der Waals surface area contributed by atoms with Crippen LogP contribution in [-0.2, 0) is 19.0 Å². The number of carbonyl (C=O) groups is 1. The quantitative estimate of drug-likeness (QED) is 0.411. The Morgan fingerprint density at radius 3 is 2.47 bits per heavy atom. The normalized spacial score (nSPS) is 10.9. The minimum absolute atomic E-state index is 0.0412. The van der Waals surface area contributed by atoms with Crippen molar-refractivity contribution in [3.8, 4) is 0 Å². The zero-order valence-electron chi connectivity index (χ0n) is 12.4. The summed E-state index contributed by atoms with van der Waals surface area (Å²) >= 11 is 0. The number of unbranched alkanes of at least 4 members (excludes halogenated alkanes) is 2. The van der Waals surface area contributed by atoms with Crippen LogP contribution in [0.3, 0.4) is 0 Å². The SMILES string of the molecule is CCCCCNC(=O)CCO[CH-]C(COC)COC. The van der Waals surface area contributed by atoms with Gasteiger partial charge in [0.15, 0.2) is 0 Å². The average Bonchev–Trinajstić information content (AvgIpc) is 2.40. The third kappa shape index (κ3) is 12.1. The van der Waals surface area contributed by atoms with E-state index in [0.29, 0.717) is 26.2 Å². The van der Waals surface area contributed by atoms with E-state index in [0.717, 1.165) is 25.8 Å². The summed E-state index contributed by atoms with van der Waals surface area (Å²) in [6.45, 7) is 6.09. The molecule has 0 aromatic rings. The number of carbonyl (C=O) groups excluding carboxylic acids is 1. The molecule has 0 saturated carbocycles. The molecule has 1 amide bonds. The van der Waals surface area contributed by atoms with Crippen molar-refractivity contribution in [2.75, 3.05) is 40.6 Å². The van der Waals surface area contributed by atoms with Gasteiger partial charge in [-0.2, -0.15) is 0 Å². The van der Waals surface area contributed by atoms with Crippen molar-refractivity contribution in [3.63, 3.8) is 0 Å². The van der Waals surface area contributed by atoms with Gasteiger partial charge in [0.2, 0.25) is 5.91 Å². The van der Waals surface area contributed by atoms with E-state index in [4.69, 9.17) is 14.2 Å². The van der Waals surface area contributed by atoms with Crippen molar-refractivity contribution in [2.24, 2.45) is 5.92 Å². The van der Waals surface area contributed by atoms with Crippen molar-refractivity contribution >= 4 is 5.91 Å².